The molecule has 0 saturated heterocycles. The molecule has 2 heterocycles. The van der Waals surface area contributed by atoms with Crippen LogP contribution in [-0.2, 0) is 10.3 Å². The molecule has 0 aliphatic heterocycles. The van der Waals surface area contributed by atoms with Crippen molar-refractivity contribution < 1.29 is 14.3 Å². The lowest BCUT2D eigenvalue weighted by Gasteiger charge is -2.43. The molecule has 186 valence electrons. The second-order valence-electron chi connectivity index (χ2n) is 10.1. The van der Waals surface area contributed by atoms with E-state index in [-0.39, 0.29) is 0 Å². The molecule has 5 rings (SSSR count). The lowest BCUT2D eigenvalue weighted by atomic mass is 9.71. The number of carbonyl (C=O) groups is 1. The van der Waals surface area contributed by atoms with Crippen LogP contribution in [0, 0.1) is 0 Å². The van der Waals surface area contributed by atoms with Crippen LogP contribution in [0.2, 0.25) is 5.15 Å². The normalized spacial score (nSPS) is 14.8. The second-order valence-corrected chi connectivity index (χ2v) is 10.5. The Labute approximate surface area is 215 Å². The third-order valence-corrected chi connectivity index (χ3v) is 6.63. The van der Waals surface area contributed by atoms with Gasteiger partial charge < -0.3 is 14.8 Å². The molecule has 2 aromatic heterocycles. The zero-order chi connectivity index (χ0) is 25.5. The molecule has 1 aliphatic rings. The minimum absolute atomic E-state index is 0.316. The highest BCUT2D eigenvalue weighted by Gasteiger charge is 2.41. The lowest BCUT2D eigenvalue weighted by Crippen LogP contribution is -2.52. The van der Waals surface area contributed by atoms with Crippen LogP contribution in [0.5, 0.6) is 5.75 Å². The minimum atomic E-state index is -0.548. The molecule has 1 N–H and O–H groups in total. The van der Waals surface area contributed by atoms with Crippen molar-refractivity contribution in [1.82, 2.24) is 19.9 Å². The maximum absolute atomic E-state index is 12.5. The summed E-state index contributed by atoms with van der Waals surface area (Å²) in [6.45, 7) is 5.60. The van der Waals surface area contributed by atoms with Crippen molar-refractivity contribution in [2.45, 2.75) is 51.2 Å². The van der Waals surface area contributed by atoms with Crippen LogP contribution in [0.1, 0.15) is 45.6 Å². The highest BCUT2D eigenvalue weighted by molar-refractivity contribution is 6.29. The van der Waals surface area contributed by atoms with E-state index in [0.717, 1.165) is 47.3 Å². The molecule has 36 heavy (non-hydrogen) atoms. The van der Waals surface area contributed by atoms with Gasteiger partial charge in [0.25, 0.3) is 0 Å². The van der Waals surface area contributed by atoms with Gasteiger partial charge in [0.2, 0.25) is 0 Å². The second kappa shape index (κ2) is 9.13. The topological polar surface area (TPSA) is 77.8 Å². The number of hydrogen-bond donors (Lipinski definition) is 1. The maximum Gasteiger partial charge on any atom is 0.408 e. The fraction of sp³-hybridized carbons (Fsp3) is 0.321. The molecule has 0 atom stereocenters. The Balaban J connectivity index is 1.56. The molecule has 1 amide bonds. The summed E-state index contributed by atoms with van der Waals surface area (Å²) in [6, 6.07) is 19.8. The van der Waals surface area contributed by atoms with Gasteiger partial charge in [-0.1, -0.05) is 66.2 Å². The Bertz CT molecular complexity index is 1410. The van der Waals surface area contributed by atoms with E-state index >= 15 is 0 Å². The molecule has 1 saturated carbocycles. The summed E-state index contributed by atoms with van der Waals surface area (Å²) < 4.78 is 12.8. The fourth-order valence-electron chi connectivity index (χ4n) is 4.64. The Morgan fingerprint density at radius 2 is 1.75 bits per heavy atom. The van der Waals surface area contributed by atoms with Crippen molar-refractivity contribution in [3.8, 4) is 28.3 Å². The largest absolute Gasteiger partial charge is 0.493 e. The van der Waals surface area contributed by atoms with Gasteiger partial charge in [-0.3, -0.25) is 0 Å². The third kappa shape index (κ3) is 4.51. The summed E-state index contributed by atoms with van der Waals surface area (Å²) in [5.74, 6) is 0.546. The molecule has 1 aliphatic carbocycles. The lowest BCUT2D eigenvalue weighted by molar-refractivity contribution is 0.0377. The van der Waals surface area contributed by atoms with Crippen molar-refractivity contribution in [1.29, 1.82) is 0 Å². The highest BCUT2D eigenvalue weighted by Crippen LogP contribution is 2.43. The Morgan fingerprint density at radius 1 is 1.06 bits per heavy atom. The fourth-order valence-corrected chi connectivity index (χ4v) is 4.81. The first kappa shape index (κ1) is 24.1. The van der Waals surface area contributed by atoms with E-state index in [1.54, 1.807) is 17.7 Å². The molecular formula is C28H29ClN4O3. The highest BCUT2D eigenvalue weighted by atomic mass is 35.5. The molecule has 1 fully saturated rings. The number of ether oxygens (including phenoxy) is 2. The molecular weight excluding hydrogens is 476 g/mol. The van der Waals surface area contributed by atoms with Crippen LogP contribution in [0.25, 0.3) is 28.2 Å². The Hall–Kier alpha value is -3.58. The quantitative estimate of drug-likeness (QED) is 0.330. The van der Waals surface area contributed by atoms with Gasteiger partial charge in [-0.15, -0.1) is 0 Å². The summed E-state index contributed by atoms with van der Waals surface area (Å²) in [6.07, 6.45) is 2.39. The van der Waals surface area contributed by atoms with Gasteiger partial charge in [0.15, 0.2) is 16.5 Å². The van der Waals surface area contributed by atoms with Gasteiger partial charge in [0, 0.05) is 17.2 Å². The van der Waals surface area contributed by atoms with Crippen molar-refractivity contribution in [3.63, 3.8) is 0 Å². The molecule has 0 unspecified atom stereocenters. The number of fused-ring (bicyclic) bond motifs is 1. The number of hydrogen-bond acceptors (Lipinski definition) is 5. The van der Waals surface area contributed by atoms with Crippen LogP contribution in [0.4, 0.5) is 4.79 Å². The van der Waals surface area contributed by atoms with Gasteiger partial charge in [-0.05, 0) is 45.6 Å². The third-order valence-electron chi connectivity index (χ3n) is 6.45. The molecule has 0 bridgehead atoms. The van der Waals surface area contributed by atoms with Crippen LogP contribution < -0.4 is 10.1 Å². The van der Waals surface area contributed by atoms with Crippen molar-refractivity contribution >= 4 is 23.3 Å². The smallest absolute Gasteiger partial charge is 0.408 e. The van der Waals surface area contributed by atoms with Gasteiger partial charge in [0.1, 0.15) is 11.3 Å². The summed E-state index contributed by atoms with van der Waals surface area (Å²) in [4.78, 5) is 17.5. The first-order chi connectivity index (χ1) is 17.2. The van der Waals surface area contributed by atoms with E-state index in [1.807, 2.05) is 63.2 Å². The zero-order valence-corrected chi connectivity index (χ0v) is 21.6. The van der Waals surface area contributed by atoms with Gasteiger partial charge >= 0.3 is 6.09 Å². The molecule has 0 radical (unpaired) electrons. The Morgan fingerprint density at radius 3 is 2.33 bits per heavy atom. The molecule has 0 spiro atoms. The Kier molecular flexibility index (Phi) is 6.12. The maximum atomic E-state index is 12.5. The van der Waals surface area contributed by atoms with E-state index < -0.39 is 17.2 Å². The number of amides is 1. The average Bonchev–Trinajstić information content (AvgIpc) is 3.19. The van der Waals surface area contributed by atoms with Crippen LogP contribution in [-0.4, -0.2) is 33.4 Å². The van der Waals surface area contributed by atoms with Crippen LogP contribution in [0.3, 0.4) is 0 Å². The summed E-state index contributed by atoms with van der Waals surface area (Å²) in [5, 5.41) is 7.96. The van der Waals surface area contributed by atoms with E-state index in [2.05, 4.69) is 22.5 Å². The number of rotatable bonds is 5. The summed E-state index contributed by atoms with van der Waals surface area (Å²) in [5.41, 5.74) is 4.15. The number of carbonyl (C=O) groups excluding carboxylic acids is 1. The molecule has 4 aromatic rings. The first-order valence-electron chi connectivity index (χ1n) is 12.0. The first-order valence-corrected chi connectivity index (χ1v) is 12.4. The van der Waals surface area contributed by atoms with E-state index in [0.29, 0.717) is 16.5 Å². The molecule has 2 aromatic carbocycles. The number of aromatic nitrogens is 3. The monoisotopic (exact) mass is 504 g/mol. The van der Waals surface area contributed by atoms with E-state index in [4.69, 9.17) is 26.1 Å². The minimum Gasteiger partial charge on any atom is -0.493 e. The molecule has 7 nitrogen and oxygen atoms in total. The number of nitrogens with zero attached hydrogens (tertiary/aromatic N) is 3. The predicted molar refractivity (Wildman–Crippen MR) is 140 cm³/mol. The molecule has 8 heteroatoms. The number of halogens is 1. The number of imidazole rings is 1. The number of methoxy groups -OCH3 is 1. The number of benzene rings is 2. The van der Waals surface area contributed by atoms with Crippen LogP contribution in [0.15, 0.2) is 60.7 Å². The zero-order valence-electron chi connectivity index (χ0n) is 20.8. The summed E-state index contributed by atoms with van der Waals surface area (Å²) in [7, 11) is 1.59. The van der Waals surface area contributed by atoms with Crippen molar-refractivity contribution in [3.05, 3.63) is 71.4 Å². The number of nitrogens with one attached hydrogen (secondary N) is 1. The summed E-state index contributed by atoms with van der Waals surface area (Å²) >= 11 is 6.31. The average molecular weight is 505 g/mol. The predicted octanol–water partition coefficient (Wildman–Crippen LogP) is 6.63. The van der Waals surface area contributed by atoms with Gasteiger partial charge in [0.05, 0.1) is 18.3 Å². The standard InChI is InChI=1S/C28H29ClN4O3/c1-27(2,3)36-26(34)31-28(15-8-16-28)20-13-11-18(12-14-20)23-24(19-9-6-5-7-10-19)33-25(30-23)21(35-4)17-22(29)32-33/h5-7,9-14,17H,8,15-16H2,1-4H3,(H,31,34). The number of alkyl carbamates (subject to hydrolysis) is 1. The SMILES string of the molecule is COc1cc(Cl)nn2c(-c3ccccc3)c(-c3ccc(C4(NC(=O)OC(C)(C)C)CCC4)cc3)nc12. The van der Waals surface area contributed by atoms with Gasteiger partial charge in [-0.25, -0.2) is 14.3 Å². The van der Waals surface area contributed by atoms with Gasteiger partial charge in [-0.2, -0.15) is 5.10 Å². The van der Waals surface area contributed by atoms with E-state index in [1.165, 1.54) is 0 Å². The van der Waals surface area contributed by atoms with Crippen molar-refractivity contribution in [2.24, 2.45) is 0 Å². The van der Waals surface area contributed by atoms with Crippen LogP contribution >= 0.6 is 11.6 Å². The van der Waals surface area contributed by atoms with Crippen molar-refractivity contribution in [2.75, 3.05) is 7.11 Å². The van der Waals surface area contributed by atoms with E-state index in [9.17, 15) is 4.79 Å².